The summed E-state index contributed by atoms with van der Waals surface area (Å²) in [5.74, 6) is -1.15. The zero-order chi connectivity index (χ0) is 19.0. The Morgan fingerprint density at radius 2 is 1.81 bits per heavy atom. The third kappa shape index (κ3) is 5.93. The third-order valence-corrected chi connectivity index (χ3v) is 3.26. The monoisotopic (exact) mass is 366 g/mol. The number of ether oxygens (including phenoxy) is 3. The molecule has 0 fully saturated rings. The van der Waals surface area contributed by atoms with Crippen LogP contribution in [0.3, 0.4) is 0 Å². The number of carbonyl (C=O) groups excluding carboxylic acids is 1. The fourth-order valence-electron chi connectivity index (χ4n) is 2.05. The van der Waals surface area contributed by atoms with E-state index in [1.165, 1.54) is 7.11 Å². The first-order chi connectivity index (χ1) is 12.4. The summed E-state index contributed by atoms with van der Waals surface area (Å²) >= 11 is 0. The summed E-state index contributed by atoms with van der Waals surface area (Å²) in [7, 11) is 1.36. The molecule has 7 heteroatoms. The summed E-state index contributed by atoms with van der Waals surface area (Å²) in [5.41, 5.74) is 0.0399. The minimum absolute atomic E-state index is 0.0235. The molecule has 4 nitrogen and oxygen atoms in total. The first kappa shape index (κ1) is 19.5. The zero-order valence-corrected chi connectivity index (χ0v) is 14.0. The van der Waals surface area contributed by atoms with Crippen LogP contribution in [0.1, 0.15) is 11.1 Å². The fourth-order valence-corrected chi connectivity index (χ4v) is 2.05. The van der Waals surface area contributed by atoms with Gasteiger partial charge in [0.15, 0.2) is 18.3 Å². The van der Waals surface area contributed by atoms with Gasteiger partial charge in [0.1, 0.15) is 0 Å². The molecule has 0 N–H and O–H groups in total. The molecular weight excluding hydrogens is 349 g/mol. The molecule has 0 saturated heterocycles. The second kappa shape index (κ2) is 9.05. The number of benzene rings is 2. The van der Waals surface area contributed by atoms with Gasteiger partial charge >= 0.3 is 12.1 Å². The molecular formula is C19H17F3O4. The third-order valence-electron chi connectivity index (χ3n) is 3.26. The number of hydrogen-bond acceptors (Lipinski definition) is 4. The number of carbonyl (C=O) groups is 1. The van der Waals surface area contributed by atoms with Crippen molar-refractivity contribution in [2.45, 2.75) is 12.6 Å². The van der Waals surface area contributed by atoms with Crippen molar-refractivity contribution in [3.8, 4) is 11.5 Å². The van der Waals surface area contributed by atoms with Gasteiger partial charge in [0.2, 0.25) is 0 Å². The molecule has 2 rings (SSSR count). The van der Waals surface area contributed by atoms with E-state index in [2.05, 4.69) is 0 Å². The van der Waals surface area contributed by atoms with Crippen LogP contribution in [0, 0.1) is 0 Å². The first-order valence-corrected chi connectivity index (χ1v) is 7.65. The highest BCUT2D eigenvalue weighted by Crippen LogP contribution is 2.36. The van der Waals surface area contributed by atoms with Gasteiger partial charge in [-0.25, -0.2) is 4.79 Å². The Bertz CT molecular complexity index is 755. The van der Waals surface area contributed by atoms with Crippen LogP contribution in [0.2, 0.25) is 0 Å². The minimum Gasteiger partial charge on any atom is -0.464 e. The average molecular weight is 366 g/mol. The van der Waals surface area contributed by atoms with Gasteiger partial charge in [-0.15, -0.1) is 0 Å². The molecule has 0 spiro atoms. The number of methoxy groups -OCH3 is 1. The Hall–Kier alpha value is -2.80. The summed E-state index contributed by atoms with van der Waals surface area (Å²) in [6, 6.07) is 12.0. The summed E-state index contributed by atoms with van der Waals surface area (Å²) < 4.78 is 53.4. The highest BCUT2D eigenvalue weighted by atomic mass is 19.4. The molecule has 0 aliphatic rings. The molecule has 0 aliphatic carbocycles. The highest BCUT2D eigenvalue weighted by molar-refractivity contribution is 5.84. The lowest BCUT2D eigenvalue weighted by Crippen LogP contribution is -2.10. The number of halogens is 3. The quantitative estimate of drug-likeness (QED) is 0.315. The number of alkyl halides is 3. The van der Waals surface area contributed by atoms with Crippen molar-refractivity contribution >= 4 is 5.97 Å². The van der Waals surface area contributed by atoms with Crippen LogP contribution in [-0.4, -0.2) is 19.9 Å². The minimum atomic E-state index is -4.57. The maximum atomic E-state index is 12.9. The van der Waals surface area contributed by atoms with Crippen LogP contribution < -0.4 is 9.47 Å². The summed E-state index contributed by atoms with van der Waals surface area (Å²) in [6.07, 6.45) is -1.34. The van der Waals surface area contributed by atoms with E-state index in [9.17, 15) is 18.0 Å². The van der Waals surface area contributed by atoms with Crippen molar-refractivity contribution in [1.29, 1.82) is 0 Å². The molecule has 26 heavy (non-hydrogen) atoms. The lowest BCUT2D eigenvalue weighted by Gasteiger charge is -2.13. The molecule has 0 bridgehead atoms. The molecule has 0 aromatic heterocycles. The Labute approximate surface area is 148 Å². The normalized spacial score (nSPS) is 11.5. The van der Waals surface area contributed by atoms with Crippen molar-refractivity contribution in [2.75, 3.05) is 13.9 Å². The number of hydrogen-bond donors (Lipinski definition) is 0. The van der Waals surface area contributed by atoms with Gasteiger partial charge in [0, 0.05) is 13.2 Å². The maximum Gasteiger partial charge on any atom is 0.416 e. The number of rotatable bonds is 7. The fraction of sp³-hybridized carbons (Fsp3) is 0.211. The highest BCUT2D eigenvalue weighted by Gasteiger charge is 2.31. The van der Waals surface area contributed by atoms with Crippen LogP contribution in [0.15, 0.2) is 60.7 Å². The van der Waals surface area contributed by atoms with Crippen molar-refractivity contribution in [2.24, 2.45) is 0 Å². The predicted octanol–water partition coefficient (Wildman–Crippen LogP) is 4.39. The standard InChI is InChI=1S/C19H17F3O4/c1-24-13-25-16-11-10-15(19(20,21)22)12-17(16)26-18(23)9-5-8-14-6-3-2-4-7-14/h2-7,9-12H,8,13H2,1H3. The van der Waals surface area contributed by atoms with Crippen molar-refractivity contribution in [3.63, 3.8) is 0 Å². The van der Waals surface area contributed by atoms with Crippen molar-refractivity contribution in [3.05, 3.63) is 71.8 Å². The van der Waals surface area contributed by atoms with E-state index in [0.29, 0.717) is 12.5 Å². The number of esters is 1. The van der Waals surface area contributed by atoms with Gasteiger partial charge in [0.25, 0.3) is 0 Å². The number of allylic oxidation sites excluding steroid dienone is 1. The van der Waals surface area contributed by atoms with Gasteiger partial charge in [-0.3, -0.25) is 0 Å². The molecule has 0 amide bonds. The Kier molecular flexibility index (Phi) is 6.80. The van der Waals surface area contributed by atoms with Crippen LogP contribution in [-0.2, 0) is 22.1 Å². The zero-order valence-electron chi connectivity index (χ0n) is 14.0. The van der Waals surface area contributed by atoms with Gasteiger partial charge in [-0.05, 0) is 30.2 Å². The molecule has 2 aromatic rings. The summed E-state index contributed by atoms with van der Waals surface area (Å²) in [4.78, 5) is 11.9. The van der Waals surface area contributed by atoms with Gasteiger partial charge < -0.3 is 14.2 Å². The van der Waals surface area contributed by atoms with Gasteiger partial charge in [0.05, 0.1) is 5.56 Å². The summed E-state index contributed by atoms with van der Waals surface area (Å²) in [5, 5.41) is 0. The molecule has 0 radical (unpaired) electrons. The Balaban J connectivity index is 2.10. The lowest BCUT2D eigenvalue weighted by molar-refractivity contribution is -0.138. The van der Waals surface area contributed by atoms with Crippen molar-refractivity contribution < 1.29 is 32.2 Å². The van der Waals surface area contributed by atoms with Crippen LogP contribution >= 0.6 is 0 Å². The molecule has 0 aliphatic heterocycles. The first-order valence-electron chi connectivity index (χ1n) is 7.65. The SMILES string of the molecule is COCOc1ccc(C(F)(F)F)cc1OC(=O)C=CCc1ccccc1. The second-order valence-electron chi connectivity index (χ2n) is 5.22. The summed E-state index contributed by atoms with van der Waals surface area (Å²) in [6.45, 7) is -0.195. The van der Waals surface area contributed by atoms with Crippen LogP contribution in [0.25, 0.3) is 0 Å². The molecule has 0 unspecified atom stereocenters. The second-order valence-corrected chi connectivity index (χ2v) is 5.22. The van der Waals surface area contributed by atoms with Gasteiger partial charge in [-0.2, -0.15) is 13.2 Å². The van der Waals surface area contributed by atoms with E-state index >= 15 is 0 Å². The van der Waals surface area contributed by atoms with Crippen LogP contribution in [0.4, 0.5) is 13.2 Å². The predicted molar refractivity (Wildman–Crippen MR) is 88.9 cm³/mol. The van der Waals surface area contributed by atoms with E-state index in [0.717, 1.165) is 23.8 Å². The Morgan fingerprint density at radius 1 is 1.08 bits per heavy atom. The molecule has 0 saturated carbocycles. The molecule has 0 heterocycles. The van der Waals surface area contributed by atoms with Crippen molar-refractivity contribution in [1.82, 2.24) is 0 Å². The van der Waals surface area contributed by atoms with E-state index in [-0.39, 0.29) is 18.3 Å². The van der Waals surface area contributed by atoms with E-state index in [1.807, 2.05) is 30.3 Å². The van der Waals surface area contributed by atoms with E-state index in [4.69, 9.17) is 14.2 Å². The largest absolute Gasteiger partial charge is 0.464 e. The molecule has 138 valence electrons. The van der Waals surface area contributed by atoms with Crippen LogP contribution in [0.5, 0.6) is 11.5 Å². The topological polar surface area (TPSA) is 44.8 Å². The average Bonchev–Trinajstić information content (AvgIpc) is 2.60. The molecule has 2 aromatic carbocycles. The lowest BCUT2D eigenvalue weighted by atomic mass is 10.1. The van der Waals surface area contributed by atoms with Gasteiger partial charge in [-0.1, -0.05) is 36.4 Å². The van der Waals surface area contributed by atoms with E-state index < -0.39 is 17.7 Å². The molecule has 0 atom stereocenters. The Morgan fingerprint density at radius 3 is 2.46 bits per heavy atom. The smallest absolute Gasteiger partial charge is 0.416 e. The van der Waals surface area contributed by atoms with E-state index in [1.54, 1.807) is 6.08 Å². The maximum absolute atomic E-state index is 12.9.